The van der Waals surface area contributed by atoms with Gasteiger partial charge in [0.2, 0.25) is 0 Å². The van der Waals surface area contributed by atoms with Gasteiger partial charge in [0, 0.05) is 57.6 Å². The molecule has 2 saturated heterocycles. The van der Waals surface area contributed by atoms with E-state index in [1.807, 2.05) is 36.4 Å². The Morgan fingerprint density at radius 2 is 1.05 bits per heavy atom. The summed E-state index contributed by atoms with van der Waals surface area (Å²) in [7, 11) is 0. The molecule has 4 rings (SSSR count). The topological polar surface area (TPSA) is 101 Å². The standard InChI is InChI=1S/C36H56N4O4/c1-11-33(7)21-29(23(5)35(9,13-3)39-33)43-31(41)37-27-19-15-18-26-25(27)17-16-20-28(26)38-32(42)44-30-22-34(8,12-2)40-36(10,14-4)24(30)6/h15-20,23-24,29-30,39-40H,11-14,21-22H2,1-10H3,(H,37,41)(H,38,42). The van der Waals surface area contributed by atoms with E-state index in [-0.39, 0.29) is 46.2 Å². The minimum atomic E-state index is -0.469. The van der Waals surface area contributed by atoms with Gasteiger partial charge in [-0.1, -0.05) is 65.8 Å². The van der Waals surface area contributed by atoms with Gasteiger partial charge in [0.05, 0.1) is 11.4 Å². The summed E-state index contributed by atoms with van der Waals surface area (Å²) in [6.07, 6.45) is 3.93. The van der Waals surface area contributed by atoms with Crippen molar-refractivity contribution < 1.29 is 19.1 Å². The molecule has 0 saturated carbocycles. The first-order valence-corrected chi connectivity index (χ1v) is 16.7. The maximum atomic E-state index is 13.3. The number of fused-ring (bicyclic) bond motifs is 1. The van der Waals surface area contributed by atoms with Crippen molar-refractivity contribution in [3.8, 4) is 0 Å². The molecule has 2 amide bonds. The summed E-state index contributed by atoms with van der Waals surface area (Å²) < 4.78 is 12.2. The van der Waals surface area contributed by atoms with Crippen molar-refractivity contribution in [1.29, 1.82) is 0 Å². The fourth-order valence-corrected chi connectivity index (χ4v) is 7.43. The fraction of sp³-hybridized carbons (Fsp3) is 0.667. The summed E-state index contributed by atoms with van der Waals surface area (Å²) in [5.74, 6) is 0.306. The molecule has 0 aliphatic carbocycles. The minimum Gasteiger partial charge on any atom is -0.446 e. The van der Waals surface area contributed by atoms with Crippen molar-refractivity contribution in [3.63, 3.8) is 0 Å². The Morgan fingerprint density at radius 1 is 0.682 bits per heavy atom. The second kappa shape index (κ2) is 12.9. The third kappa shape index (κ3) is 6.86. The van der Waals surface area contributed by atoms with Crippen LogP contribution in [0.2, 0.25) is 0 Å². The molecule has 8 nitrogen and oxygen atoms in total. The monoisotopic (exact) mass is 608 g/mol. The molecule has 0 aromatic heterocycles. The van der Waals surface area contributed by atoms with Crippen LogP contribution in [0.5, 0.6) is 0 Å². The lowest BCUT2D eigenvalue weighted by molar-refractivity contribution is -0.0338. The van der Waals surface area contributed by atoms with Crippen molar-refractivity contribution in [2.45, 2.75) is 142 Å². The van der Waals surface area contributed by atoms with E-state index in [0.29, 0.717) is 11.4 Å². The molecule has 8 atom stereocenters. The number of hydrogen-bond donors (Lipinski definition) is 4. The van der Waals surface area contributed by atoms with Gasteiger partial charge in [0.1, 0.15) is 12.2 Å². The predicted octanol–water partition coefficient (Wildman–Crippen LogP) is 8.61. The highest BCUT2D eigenvalue weighted by atomic mass is 16.6. The summed E-state index contributed by atoms with van der Waals surface area (Å²) >= 11 is 0. The second-order valence-corrected chi connectivity index (χ2v) is 14.4. The molecule has 4 N–H and O–H groups in total. The van der Waals surface area contributed by atoms with Crippen LogP contribution < -0.4 is 21.3 Å². The second-order valence-electron chi connectivity index (χ2n) is 14.4. The molecule has 2 aliphatic heterocycles. The Hall–Kier alpha value is -2.84. The van der Waals surface area contributed by atoms with Crippen LogP contribution >= 0.6 is 0 Å². The van der Waals surface area contributed by atoms with Crippen LogP contribution in [0, 0.1) is 11.8 Å². The SMILES string of the molecule is CCC1(C)CC(OC(=O)Nc2cccc3c(NC(=O)OC4CC(C)(CC)NC(C)(CC)C4C)cccc23)C(C)C(C)(CC)N1. The van der Waals surface area contributed by atoms with Gasteiger partial charge in [0.15, 0.2) is 0 Å². The molecule has 0 radical (unpaired) electrons. The van der Waals surface area contributed by atoms with E-state index in [0.717, 1.165) is 49.3 Å². The zero-order chi connectivity index (χ0) is 32.5. The lowest BCUT2D eigenvalue weighted by Gasteiger charge is -2.52. The van der Waals surface area contributed by atoms with Gasteiger partial charge in [0.25, 0.3) is 0 Å². The Bertz CT molecular complexity index is 1250. The van der Waals surface area contributed by atoms with Crippen LogP contribution in [0.3, 0.4) is 0 Å². The lowest BCUT2D eigenvalue weighted by atomic mass is 9.70. The summed E-state index contributed by atoms with van der Waals surface area (Å²) in [5, 5.41) is 15.3. The number of carbonyl (C=O) groups is 2. The maximum absolute atomic E-state index is 13.3. The van der Waals surface area contributed by atoms with Crippen LogP contribution in [-0.2, 0) is 9.47 Å². The number of ether oxygens (including phenoxy) is 2. The van der Waals surface area contributed by atoms with Crippen LogP contribution in [0.1, 0.15) is 108 Å². The first-order valence-electron chi connectivity index (χ1n) is 16.7. The zero-order valence-corrected chi connectivity index (χ0v) is 28.6. The highest BCUT2D eigenvalue weighted by molar-refractivity contribution is 6.07. The number of carbonyl (C=O) groups excluding carboxylic acids is 2. The molecular weight excluding hydrogens is 552 g/mol. The molecule has 8 unspecified atom stereocenters. The molecule has 0 spiro atoms. The van der Waals surface area contributed by atoms with E-state index in [4.69, 9.17) is 9.47 Å². The van der Waals surface area contributed by atoms with Gasteiger partial charge < -0.3 is 20.1 Å². The van der Waals surface area contributed by atoms with E-state index in [9.17, 15) is 9.59 Å². The molecule has 2 aromatic rings. The number of amides is 2. The molecule has 44 heavy (non-hydrogen) atoms. The average molecular weight is 609 g/mol. The Balaban J connectivity index is 1.49. The smallest absolute Gasteiger partial charge is 0.411 e. The predicted molar refractivity (Wildman–Crippen MR) is 180 cm³/mol. The van der Waals surface area contributed by atoms with Gasteiger partial charge in [-0.2, -0.15) is 0 Å². The first-order chi connectivity index (χ1) is 20.6. The highest BCUT2D eigenvalue weighted by Crippen LogP contribution is 2.40. The summed E-state index contributed by atoms with van der Waals surface area (Å²) in [4.78, 5) is 26.6. The number of piperidine rings is 2. The van der Waals surface area contributed by atoms with E-state index in [2.05, 4.69) is 90.5 Å². The quantitative estimate of drug-likeness (QED) is 0.239. The van der Waals surface area contributed by atoms with Gasteiger partial charge in [-0.15, -0.1) is 0 Å². The molecule has 2 aliphatic rings. The average Bonchev–Trinajstić information content (AvgIpc) is 2.98. The lowest BCUT2D eigenvalue weighted by Crippen LogP contribution is -2.66. The number of anilines is 2. The third-order valence-electron chi connectivity index (χ3n) is 11.5. The molecule has 0 bridgehead atoms. The Kier molecular flexibility index (Phi) is 9.96. The van der Waals surface area contributed by atoms with Gasteiger partial charge in [-0.3, -0.25) is 10.6 Å². The van der Waals surface area contributed by atoms with Crippen LogP contribution in [-0.4, -0.2) is 46.6 Å². The zero-order valence-electron chi connectivity index (χ0n) is 28.6. The molecule has 244 valence electrons. The van der Waals surface area contributed by atoms with Crippen molar-refractivity contribution in [2.75, 3.05) is 10.6 Å². The summed E-state index contributed by atoms with van der Waals surface area (Å²) in [5.41, 5.74) is 0.803. The molecule has 2 aromatic carbocycles. The maximum Gasteiger partial charge on any atom is 0.411 e. The minimum absolute atomic E-state index is 0.104. The van der Waals surface area contributed by atoms with Crippen molar-refractivity contribution in [3.05, 3.63) is 36.4 Å². The van der Waals surface area contributed by atoms with Crippen molar-refractivity contribution in [1.82, 2.24) is 10.6 Å². The largest absolute Gasteiger partial charge is 0.446 e. The van der Waals surface area contributed by atoms with Crippen molar-refractivity contribution >= 4 is 34.3 Å². The molecule has 2 heterocycles. The van der Waals surface area contributed by atoms with Gasteiger partial charge in [-0.05, 0) is 65.5 Å². The third-order valence-corrected chi connectivity index (χ3v) is 11.5. The normalized spacial score (nSPS) is 35.6. The molecule has 2 fully saturated rings. The van der Waals surface area contributed by atoms with Crippen LogP contribution in [0.4, 0.5) is 21.0 Å². The van der Waals surface area contributed by atoms with Crippen molar-refractivity contribution in [2.24, 2.45) is 11.8 Å². The van der Waals surface area contributed by atoms with E-state index in [1.165, 1.54) is 0 Å². The molecule has 8 heteroatoms. The fourth-order valence-electron chi connectivity index (χ4n) is 7.43. The number of benzene rings is 2. The summed E-state index contributed by atoms with van der Waals surface area (Å²) in [6.45, 7) is 21.9. The highest BCUT2D eigenvalue weighted by Gasteiger charge is 2.49. The van der Waals surface area contributed by atoms with E-state index < -0.39 is 12.2 Å². The first kappa shape index (κ1) is 34.0. The van der Waals surface area contributed by atoms with Gasteiger partial charge >= 0.3 is 12.2 Å². The summed E-state index contributed by atoms with van der Waals surface area (Å²) in [6, 6.07) is 11.3. The number of nitrogens with one attached hydrogen (secondary N) is 4. The Labute approximate surface area is 264 Å². The Morgan fingerprint density at radius 3 is 1.36 bits per heavy atom. The van der Waals surface area contributed by atoms with E-state index in [1.54, 1.807) is 0 Å². The number of hydrogen-bond acceptors (Lipinski definition) is 6. The van der Waals surface area contributed by atoms with Crippen LogP contribution in [0.15, 0.2) is 36.4 Å². The molecular formula is C36H56N4O4. The van der Waals surface area contributed by atoms with Gasteiger partial charge in [-0.25, -0.2) is 9.59 Å². The number of rotatable bonds is 8. The van der Waals surface area contributed by atoms with Crippen LogP contribution in [0.25, 0.3) is 10.8 Å². The van der Waals surface area contributed by atoms with E-state index >= 15 is 0 Å².